The second kappa shape index (κ2) is 5.76. The fourth-order valence-corrected chi connectivity index (χ4v) is 3.17. The Morgan fingerprint density at radius 3 is 2.70 bits per heavy atom. The van der Waals surface area contributed by atoms with Crippen molar-refractivity contribution in [1.82, 2.24) is 4.72 Å². The van der Waals surface area contributed by atoms with Crippen molar-refractivity contribution >= 4 is 21.4 Å². The summed E-state index contributed by atoms with van der Waals surface area (Å²) in [6.07, 6.45) is 4.22. The Hall–Kier alpha value is -1.67. The van der Waals surface area contributed by atoms with Crippen LogP contribution in [-0.4, -0.2) is 19.9 Å². The summed E-state index contributed by atoms with van der Waals surface area (Å²) in [6, 6.07) is 3.40. The lowest BCUT2D eigenvalue weighted by molar-refractivity contribution is -0.385. The highest BCUT2D eigenvalue weighted by Crippen LogP contribution is 2.33. The van der Waals surface area contributed by atoms with E-state index in [2.05, 4.69) is 4.72 Å². The van der Waals surface area contributed by atoms with E-state index in [0.29, 0.717) is 6.54 Å². The third-order valence-electron chi connectivity index (χ3n) is 3.28. The van der Waals surface area contributed by atoms with Crippen LogP contribution < -0.4 is 10.5 Å². The number of rotatable bonds is 7. The van der Waals surface area contributed by atoms with Gasteiger partial charge in [0.05, 0.1) is 10.6 Å². The number of benzene rings is 1. The standard InChI is InChI=1S/C12H17N3O4S/c13-11-6-5-10(15(16)17)8-12(11)20(18,19)14-7-1-2-9-3-4-9/h5-6,8-9,14H,1-4,7,13H2. The Kier molecular flexibility index (Phi) is 4.24. The quantitative estimate of drug-likeness (QED) is 0.344. The maximum atomic E-state index is 12.1. The van der Waals surface area contributed by atoms with Gasteiger partial charge in [0.25, 0.3) is 5.69 Å². The first-order valence-electron chi connectivity index (χ1n) is 6.44. The van der Waals surface area contributed by atoms with E-state index in [4.69, 9.17) is 5.73 Å². The van der Waals surface area contributed by atoms with Crippen LogP contribution in [0.3, 0.4) is 0 Å². The van der Waals surface area contributed by atoms with Gasteiger partial charge in [-0.15, -0.1) is 0 Å². The highest BCUT2D eigenvalue weighted by molar-refractivity contribution is 7.89. The fraction of sp³-hybridized carbons (Fsp3) is 0.500. The molecule has 1 aromatic rings. The van der Waals surface area contributed by atoms with Gasteiger partial charge in [0.15, 0.2) is 0 Å². The van der Waals surface area contributed by atoms with Crippen LogP contribution in [0, 0.1) is 16.0 Å². The van der Waals surface area contributed by atoms with Gasteiger partial charge < -0.3 is 5.73 Å². The highest BCUT2D eigenvalue weighted by Gasteiger charge is 2.22. The first-order valence-corrected chi connectivity index (χ1v) is 7.92. The molecule has 1 aliphatic rings. The van der Waals surface area contributed by atoms with Crippen molar-refractivity contribution in [3.05, 3.63) is 28.3 Å². The van der Waals surface area contributed by atoms with E-state index in [1.54, 1.807) is 0 Å². The van der Waals surface area contributed by atoms with Crippen molar-refractivity contribution in [3.63, 3.8) is 0 Å². The predicted octanol–water partition coefficient (Wildman–Crippen LogP) is 1.65. The average molecular weight is 299 g/mol. The zero-order chi connectivity index (χ0) is 14.8. The Bertz CT molecular complexity index is 611. The lowest BCUT2D eigenvalue weighted by Crippen LogP contribution is -2.25. The second-order valence-electron chi connectivity index (χ2n) is 4.96. The molecule has 3 N–H and O–H groups in total. The monoisotopic (exact) mass is 299 g/mol. The molecule has 110 valence electrons. The smallest absolute Gasteiger partial charge is 0.270 e. The molecule has 7 nitrogen and oxygen atoms in total. The van der Waals surface area contributed by atoms with Crippen LogP contribution in [0.1, 0.15) is 25.7 Å². The van der Waals surface area contributed by atoms with E-state index in [-0.39, 0.29) is 16.3 Å². The molecule has 0 saturated heterocycles. The fourth-order valence-electron chi connectivity index (χ4n) is 1.95. The van der Waals surface area contributed by atoms with E-state index in [1.807, 2.05) is 0 Å². The first kappa shape index (κ1) is 14.7. The Labute approximate surface area is 117 Å². The lowest BCUT2D eigenvalue weighted by atomic mass is 10.2. The summed E-state index contributed by atoms with van der Waals surface area (Å²) in [5.41, 5.74) is 5.31. The molecule has 0 radical (unpaired) electrons. The van der Waals surface area contributed by atoms with Gasteiger partial charge in [0, 0.05) is 18.7 Å². The van der Waals surface area contributed by atoms with Gasteiger partial charge in [-0.3, -0.25) is 10.1 Å². The third-order valence-corrected chi connectivity index (χ3v) is 4.79. The van der Waals surface area contributed by atoms with E-state index >= 15 is 0 Å². The Morgan fingerprint density at radius 2 is 2.10 bits per heavy atom. The van der Waals surface area contributed by atoms with Crippen molar-refractivity contribution in [1.29, 1.82) is 0 Å². The number of nitrogens with two attached hydrogens (primary N) is 1. The minimum Gasteiger partial charge on any atom is -0.398 e. The molecule has 0 unspecified atom stereocenters. The molecule has 0 aliphatic heterocycles. The van der Waals surface area contributed by atoms with E-state index in [0.717, 1.165) is 24.8 Å². The van der Waals surface area contributed by atoms with Gasteiger partial charge in [0.1, 0.15) is 4.90 Å². The molecule has 8 heteroatoms. The van der Waals surface area contributed by atoms with Crippen molar-refractivity contribution in [2.75, 3.05) is 12.3 Å². The number of nitro benzene ring substituents is 1. The first-order chi connectivity index (χ1) is 9.40. The number of hydrogen-bond acceptors (Lipinski definition) is 5. The minimum atomic E-state index is -3.80. The molecule has 1 saturated carbocycles. The number of non-ortho nitro benzene ring substituents is 1. The molecule has 1 aliphatic carbocycles. The topological polar surface area (TPSA) is 115 Å². The van der Waals surface area contributed by atoms with Crippen molar-refractivity contribution in [3.8, 4) is 0 Å². The van der Waals surface area contributed by atoms with Crippen LogP contribution in [0.25, 0.3) is 0 Å². The Balaban J connectivity index is 2.06. The highest BCUT2D eigenvalue weighted by atomic mass is 32.2. The molecule has 2 rings (SSSR count). The predicted molar refractivity (Wildman–Crippen MR) is 74.7 cm³/mol. The van der Waals surface area contributed by atoms with Gasteiger partial charge in [0.2, 0.25) is 10.0 Å². The van der Waals surface area contributed by atoms with E-state index < -0.39 is 14.9 Å². The lowest BCUT2D eigenvalue weighted by Gasteiger charge is -2.08. The Morgan fingerprint density at radius 1 is 1.40 bits per heavy atom. The van der Waals surface area contributed by atoms with Crippen LogP contribution >= 0.6 is 0 Å². The largest absolute Gasteiger partial charge is 0.398 e. The van der Waals surface area contributed by atoms with Gasteiger partial charge in [-0.25, -0.2) is 13.1 Å². The zero-order valence-electron chi connectivity index (χ0n) is 10.9. The molecule has 1 aromatic carbocycles. The van der Waals surface area contributed by atoms with E-state index in [1.165, 1.54) is 25.0 Å². The van der Waals surface area contributed by atoms with Crippen LogP contribution in [0.15, 0.2) is 23.1 Å². The normalized spacial score (nSPS) is 15.2. The summed E-state index contributed by atoms with van der Waals surface area (Å²) >= 11 is 0. The van der Waals surface area contributed by atoms with Crippen LogP contribution in [0.4, 0.5) is 11.4 Å². The minimum absolute atomic E-state index is 0.00490. The number of nitro groups is 1. The molecule has 0 atom stereocenters. The second-order valence-corrected chi connectivity index (χ2v) is 6.70. The molecule has 20 heavy (non-hydrogen) atoms. The number of nitrogens with one attached hydrogen (secondary N) is 1. The molecule has 0 bridgehead atoms. The van der Waals surface area contributed by atoms with Crippen LogP contribution in [0.5, 0.6) is 0 Å². The molecule has 0 heterocycles. The maximum absolute atomic E-state index is 12.1. The molecule has 0 amide bonds. The SMILES string of the molecule is Nc1ccc([N+](=O)[O-])cc1S(=O)(=O)NCCCC1CC1. The molecular weight excluding hydrogens is 282 g/mol. The number of hydrogen-bond donors (Lipinski definition) is 2. The van der Waals surface area contributed by atoms with Crippen LogP contribution in [0.2, 0.25) is 0 Å². The van der Waals surface area contributed by atoms with Gasteiger partial charge in [-0.2, -0.15) is 0 Å². The van der Waals surface area contributed by atoms with Crippen molar-refractivity contribution in [2.24, 2.45) is 5.92 Å². The maximum Gasteiger partial charge on any atom is 0.270 e. The number of nitrogens with zero attached hydrogens (tertiary/aromatic N) is 1. The summed E-state index contributed by atoms with van der Waals surface area (Å²) in [5.74, 6) is 0.738. The van der Waals surface area contributed by atoms with Gasteiger partial charge in [-0.05, 0) is 24.8 Å². The summed E-state index contributed by atoms with van der Waals surface area (Å²) in [6.45, 7) is 0.320. The third kappa shape index (κ3) is 3.67. The molecule has 1 fully saturated rings. The molecule has 0 aromatic heterocycles. The van der Waals surface area contributed by atoms with Gasteiger partial charge >= 0.3 is 0 Å². The van der Waals surface area contributed by atoms with Crippen molar-refractivity contribution in [2.45, 2.75) is 30.6 Å². The summed E-state index contributed by atoms with van der Waals surface area (Å²) < 4.78 is 26.6. The van der Waals surface area contributed by atoms with Crippen LogP contribution in [-0.2, 0) is 10.0 Å². The summed E-state index contributed by atoms with van der Waals surface area (Å²) in [4.78, 5) is 9.80. The average Bonchev–Trinajstić information content (AvgIpc) is 3.18. The number of sulfonamides is 1. The molecule has 0 spiro atoms. The summed E-state index contributed by atoms with van der Waals surface area (Å²) in [7, 11) is -3.80. The van der Waals surface area contributed by atoms with E-state index in [9.17, 15) is 18.5 Å². The number of nitrogen functional groups attached to an aromatic ring is 1. The molecular formula is C12H17N3O4S. The summed E-state index contributed by atoms with van der Waals surface area (Å²) in [5, 5.41) is 10.7. The van der Waals surface area contributed by atoms with Crippen molar-refractivity contribution < 1.29 is 13.3 Å². The number of anilines is 1. The van der Waals surface area contributed by atoms with Gasteiger partial charge in [-0.1, -0.05) is 12.8 Å². The zero-order valence-corrected chi connectivity index (χ0v) is 11.7.